The Morgan fingerprint density at radius 3 is 2.68 bits per heavy atom. The summed E-state index contributed by atoms with van der Waals surface area (Å²) in [5.41, 5.74) is 1.20. The number of alkyl halides is 1. The van der Waals surface area contributed by atoms with E-state index in [1.165, 1.54) is 5.56 Å². The van der Waals surface area contributed by atoms with Crippen molar-refractivity contribution in [2.45, 2.75) is 38.6 Å². The molecule has 1 aromatic rings. The monoisotopic (exact) mass is 380 g/mol. The fraction of sp³-hybridized carbons (Fsp3) is 0.444. The van der Waals surface area contributed by atoms with Crippen molar-refractivity contribution in [1.82, 2.24) is 0 Å². The van der Waals surface area contributed by atoms with Gasteiger partial charge in [-0.15, -0.1) is 12.3 Å². The van der Waals surface area contributed by atoms with Gasteiger partial charge in [-0.05, 0) is 25.1 Å². The van der Waals surface area contributed by atoms with E-state index in [1.807, 2.05) is 18.2 Å². The van der Waals surface area contributed by atoms with E-state index in [9.17, 15) is 0 Å². The molecule has 22 heavy (non-hydrogen) atoms. The van der Waals surface area contributed by atoms with Crippen LogP contribution in [-0.4, -0.2) is 26.0 Å². The van der Waals surface area contributed by atoms with Crippen molar-refractivity contribution >= 4 is 24.2 Å². The van der Waals surface area contributed by atoms with E-state index in [2.05, 4.69) is 59.2 Å². The van der Waals surface area contributed by atoms with E-state index in [1.54, 1.807) is 0 Å². The Labute approximate surface area is 144 Å². The van der Waals surface area contributed by atoms with Crippen LogP contribution in [0.2, 0.25) is 13.1 Å². The van der Waals surface area contributed by atoms with Crippen LogP contribution in [0.5, 0.6) is 0 Å². The molecule has 120 valence electrons. The first-order chi connectivity index (χ1) is 10.6. The minimum absolute atomic E-state index is 0.0124. The molecule has 0 spiro atoms. The fourth-order valence-corrected chi connectivity index (χ4v) is 3.31. The van der Waals surface area contributed by atoms with Crippen LogP contribution < -0.4 is 0 Å². The lowest BCUT2D eigenvalue weighted by Crippen LogP contribution is -2.37. The third kappa shape index (κ3) is 8.55. The van der Waals surface area contributed by atoms with Gasteiger partial charge in [-0.1, -0.05) is 58.4 Å². The molecule has 1 aromatic carbocycles. The van der Waals surface area contributed by atoms with Gasteiger partial charge in [0.2, 0.25) is 0 Å². The normalized spacial score (nSPS) is 13.2. The Bertz CT molecular complexity index is 480. The summed E-state index contributed by atoms with van der Waals surface area (Å²) in [4.78, 5) is 0.912. The zero-order valence-corrected chi connectivity index (χ0v) is 16.0. The zero-order chi connectivity index (χ0) is 16.3. The molecular weight excluding hydrogens is 356 g/mol. The minimum Gasteiger partial charge on any atom is -0.409 e. The Morgan fingerprint density at radius 2 is 2.05 bits per heavy atom. The maximum Gasteiger partial charge on any atom is 0.197 e. The van der Waals surface area contributed by atoms with Crippen LogP contribution in [0.15, 0.2) is 42.5 Å². The lowest BCUT2D eigenvalue weighted by molar-refractivity contribution is 0.125. The molecule has 0 aliphatic carbocycles. The summed E-state index contributed by atoms with van der Waals surface area (Å²) in [6.07, 6.45) is 11.1. The first-order valence-corrected chi connectivity index (χ1v) is 11.8. The lowest BCUT2D eigenvalue weighted by atomic mass is 10.2. The Hall–Kier alpha value is -0.863. The highest BCUT2D eigenvalue weighted by Gasteiger charge is 2.23. The lowest BCUT2D eigenvalue weighted by Gasteiger charge is -2.25. The first kappa shape index (κ1) is 19.2. The molecule has 0 aromatic heterocycles. The van der Waals surface area contributed by atoms with Gasteiger partial charge >= 0.3 is 0 Å². The van der Waals surface area contributed by atoms with Crippen LogP contribution in [0.4, 0.5) is 0 Å². The molecule has 0 N–H and O–H groups in total. The first-order valence-electron chi connectivity index (χ1n) is 7.53. The van der Waals surface area contributed by atoms with Crippen LogP contribution in [0.1, 0.15) is 18.4 Å². The number of halogens is 1. The maximum atomic E-state index is 6.13. The highest BCUT2D eigenvalue weighted by molar-refractivity contribution is 9.09. The predicted octanol–water partition coefficient (Wildman–Crippen LogP) is 4.70. The van der Waals surface area contributed by atoms with E-state index in [0.717, 1.165) is 11.4 Å². The van der Waals surface area contributed by atoms with Crippen molar-refractivity contribution in [2.24, 2.45) is 0 Å². The average molecular weight is 381 g/mol. The molecule has 0 amide bonds. The topological polar surface area (TPSA) is 18.5 Å². The van der Waals surface area contributed by atoms with E-state index in [4.69, 9.17) is 15.6 Å². The summed E-state index contributed by atoms with van der Waals surface area (Å²) in [7, 11) is -1.66. The predicted molar refractivity (Wildman–Crippen MR) is 99.5 cm³/mol. The van der Waals surface area contributed by atoms with Crippen molar-refractivity contribution in [2.75, 3.05) is 11.6 Å². The summed E-state index contributed by atoms with van der Waals surface area (Å²) < 4.78 is 11.8. The van der Waals surface area contributed by atoms with Gasteiger partial charge in [0.25, 0.3) is 0 Å². The molecule has 0 heterocycles. The van der Waals surface area contributed by atoms with Crippen molar-refractivity contribution in [3.63, 3.8) is 0 Å². The third-order valence-electron chi connectivity index (χ3n) is 3.00. The molecule has 0 saturated heterocycles. The second-order valence-corrected chi connectivity index (χ2v) is 11.4. The van der Waals surface area contributed by atoms with Gasteiger partial charge in [-0.2, -0.15) is 0 Å². The van der Waals surface area contributed by atoms with Crippen LogP contribution in [-0.2, 0) is 15.8 Å². The average Bonchev–Trinajstić information content (AvgIpc) is 2.51. The second kappa shape index (κ2) is 10.8. The van der Waals surface area contributed by atoms with E-state index in [0.29, 0.717) is 19.6 Å². The zero-order valence-electron chi connectivity index (χ0n) is 13.4. The molecule has 0 bridgehead atoms. The molecule has 0 saturated carbocycles. The number of hydrogen-bond acceptors (Lipinski definition) is 2. The number of terminal acetylenes is 1. The molecule has 4 heteroatoms. The maximum absolute atomic E-state index is 6.13. The van der Waals surface area contributed by atoms with Crippen LogP contribution in [0.25, 0.3) is 0 Å². The summed E-state index contributed by atoms with van der Waals surface area (Å²) >= 11 is 3.52. The van der Waals surface area contributed by atoms with Crippen molar-refractivity contribution < 1.29 is 9.16 Å². The summed E-state index contributed by atoms with van der Waals surface area (Å²) in [5.74, 6) is 2.69. The van der Waals surface area contributed by atoms with Gasteiger partial charge < -0.3 is 9.16 Å². The second-order valence-electron chi connectivity index (χ2n) is 5.71. The molecule has 0 aliphatic heterocycles. The molecule has 1 unspecified atom stereocenters. The summed E-state index contributed by atoms with van der Waals surface area (Å²) in [5, 5.41) is 0. The van der Waals surface area contributed by atoms with Crippen molar-refractivity contribution in [3.8, 4) is 12.3 Å². The van der Waals surface area contributed by atoms with Gasteiger partial charge in [0.15, 0.2) is 8.32 Å². The largest absolute Gasteiger partial charge is 0.409 e. The highest BCUT2D eigenvalue weighted by Crippen LogP contribution is 2.14. The Kier molecular flexibility index (Phi) is 9.41. The van der Waals surface area contributed by atoms with Gasteiger partial charge in [-0.3, -0.25) is 0 Å². The molecular formula is C18H25BrO2Si. The fourth-order valence-electron chi connectivity index (χ4n) is 1.87. The van der Waals surface area contributed by atoms with E-state index in [-0.39, 0.29) is 6.10 Å². The van der Waals surface area contributed by atoms with Gasteiger partial charge in [-0.25, -0.2) is 0 Å². The number of rotatable bonds is 10. The molecule has 0 radical (unpaired) electrons. The number of benzene rings is 1. The van der Waals surface area contributed by atoms with Gasteiger partial charge in [0, 0.05) is 11.4 Å². The standard InChI is InChI=1S/C18H25BrO2Si/c1-4-10-18(21-22(2,3)16-19)13-8-9-14-20-15-17-11-6-5-7-12-17/h1,5-8,11-13,18H,9-10,14-16H2,2-3H3/b13-8-. The SMILES string of the molecule is C#CCC(/C=C\CCOCc1ccccc1)O[Si](C)(C)CBr. The van der Waals surface area contributed by atoms with Crippen molar-refractivity contribution in [1.29, 1.82) is 0 Å². The smallest absolute Gasteiger partial charge is 0.197 e. The van der Waals surface area contributed by atoms with Gasteiger partial charge in [0.05, 0.1) is 19.3 Å². The third-order valence-corrected chi connectivity index (χ3v) is 8.64. The Morgan fingerprint density at radius 1 is 1.32 bits per heavy atom. The van der Waals surface area contributed by atoms with Crippen LogP contribution >= 0.6 is 15.9 Å². The molecule has 0 aliphatic rings. The highest BCUT2D eigenvalue weighted by atomic mass is 79.9. The minimum atomic E-state index is -1.66. The van der Waals surface area contributed by atoms with Crippen molar-refractivity contribution in [3.05, 3.63) is 48.0 Å². The summed E-state index contributed by atoms with van der Waals surface area (Å²) in [6.45, 7) is 5.72. The van der Waals surface area contributed by atoms with Gasteiger partial charge in [0.1, 0.15) is 0 Å². The summed E-state index contributed by atoms with van der Waals surface area (Å²) in [6, 6.07) is 10.2. The molecule has 1 rings (SSSR count). The van der Waals surface area contributed by atoms with E-state index < -0.39 is 8.32 Å². The molecule has 1 atom stereocenters. The van der Waals surface area contributed by atoms with E-state index >= 15 is 0 Å². The molecule has 0 fully saturated rings. The number of hydrogen-bond donors (Lipinski definition) is 0. The number of ether oxygens (including phenoxy) is 1. The van der Waals surface area contributed by atoms with Crippen LogP contribution in [0, 0.1) is 12.3 Å². The van der Waals surface area contributed by atoms with Crippen LogP contribution in [0.3, 0.4) is 0 Å². The molecule has 2 nitrogen and oxygen atoms in total. The quantitative estimate of drug-likeness (QED) is 0.192. The Balaban J connectivity index is 2.28.